The van der Waals surface area contributed by atoms with E-state index in [0.29, 0.717) is 6.42 Å². The largest absolute Gasteiger partial charge is 0.388 e. The van der Waals surface area contributed by atoms with Crippen molar-refractivity contribution < 1.29 is 5.11 Å². The lowest BCUT2D eigenvalue weighted by Crippen LogP contribution is -2.06. The lowest BCUT2D eigenvalue weighted by Gasteiger charge is -2.17. The van der Waals surface area contributed by atoms with Gasteiger partial charge in [0.25, 0.3) is 0 Å². The third-order valence-corrected chi connectivity index (χ3v) is 4.02. The summed E-state index contributed by atoms with van der Waals surface area (Å²) in [6.45, 7) is 4.09. The van der Waals surface area contributed by atoms with E-state index in [9.17, 15) is 5.11 Å². The smallest absolute Gasteiger partial charge is 0.0835 e. The monoisotopic (exact) mass is 304 g/mol. The van der Waals surface area contributed by atoms with Crippen LogP contribution in [0.4, 0.5) is 0 Å². The maximum Gasteiger partial charge on any atom is 0.0835 e. The van der Waals surface area contributed by atoms with Gasteiger partial charge >= 0.3 is 0 Å². The second-order valence-electron chi connectivity index (χ2n) is 4.62. The number of hydrogen-bond acceptors (Lipinski definition) is 1. The first kappa shape index (κ1) is 13.3. The molecule has 0 amide bonds. The zero-order valence-electron chi connectivity index (χ0n) is 10.7. The quantitative estimate of drug-likeness (QED) is 0.894. The summed E-state index contributed by atoms with van der Waals surface area (Å²) >= 11 is 3.52. The molecule has 0 aromatic heterocycles. The van der Waals surface area contributed by atoms with Gasteiger partial charge in [0.15, 0.2) is 0 Å². The Morgan fingerprint density at radius 2 is 1.61 bits per heavy atom. The second-order valence-corrected chi connectivity index (χ2v) is 5.47. The highest BCUT2D eigenvalue weighted by Crippen LogP contribution is 2.27. The van der Waals surface area contributed by atoms with E-state index in [2.05, 4.69) is 15.9 Å². The molecule has 0 aliphatic carbocycles. The Bertz CT molecular complexity index is 528. The Kier molecular flexibility index (Phi) is 4.20. The highest BCUT2D eigenvalue weighted by atomic mass is 79.9. The molecule has 2 rings (SSSR count). The molecular weight excluding hydrogens is 288 g/mol. The fourth-order valence-electron chi connectivity index (χ4n) is 2.33. The van der Waals surface area contributed by atoms with Gasteiger partial charge in [0.2, 0.25) is 0 Å². The number of benzene rings is 2. The summed E-state index contributed by atoms with van der Waals surface area (Å²) in [4.78, 5) is 0. The number of aliphatic hydroxyl groups is 1. The van der Waals surface area contributed by atoms with Crippen LogP contribution in [0.3, 0.4) is 0 Å². The molecule has 0 heterocycles. The molecule has 0 bridgehead atoms. The number of halogens is 1. The molecule has 1 unspecified atom stereocenters. The summed E-state index contributed by atoms with van der Waals surface area (Å²) in [5.74, 6) is 0. The van der Waals surface area contributed by atoms with Crippen LogP contribution < -0.4 is 0 Å². The Balaban J connectivity index is 2.28. The summed E-state index contributed by atoms with van der Waals surface area (Å²) in [6, 6.07) is 14.2. The number of aryl methyl sites for hydroxylation is 2. The van der Waals surface area contributed by atoms with Crippen LogP contribution in [-0.2, 0) is 6.42 Å². The van der Waals surface area contributed by atoms with Crippen LogP contribution in [0.5, 0.6) is 0 Å². The van der Waals surface area contributed by atoms with Crippen molar-refractivity contribution >= 4 is 15.9 Å². The van der Waals surface area contributed by atoms with Crippen molar-refractivity contribution in [2.75, 3.05) is 0 Å². The molecule has 1 atom stereocenters. The van der Waals surface area contributed by atoms with Crippen LogP contribution in [0, 0.1) is 13.8 Å². The average molecular weight is 305 g/mol. The van der Waals surface area contributed by atoms with E-state index in [0.717, 1.165) is 26.7 Å². The summed E-state index contributed by atoms with van der Waals surface area (Å²) in [7, 11) is 0. The van der Waals surface area contributed by atoms with Crippen molar-refractivity contribution in [1.82, 2.24) is 0 Å². The standard InChI is InChI=1S/C16H17BrO/c1-11-6-5-7-12(2)16(11)15(18)10-13-8-3-4-9-14(13)17/h3-9,15,18H,10H2,1-2H3. The van der Waals surface area contributed by atoms with Crippen molar-refractivity contribution in [2.24, 2.45) is 0 Å². The first-order valence-electron chi connectivity index (χ1n) is 6.07. The van der Waals surface area contributed by atoms with E-state index in [4.69, 9.17) is 0 Å². The average Bonchev–Trinajstić information content (AvgIpc) is 2.32. The molecule has 2 aromatic rings. The maximum atomic E-state index is 10.4. The number of aliphatic hydroxyl groups excluding tert-OH is 1. The van der Waals surface area contributed by atoms with Gasteiger partial charge in [-0.15, -0.1) is 0 Å². The van der Waals surface area contributed by atoms with Gasteiger partial charge < -0.3 is 5.11 Å². The summed E-state index contributed by atoms with van der Waals surface area (Å²) in [5.41, 5.74) is 4.48. The minimum absolute atomic E-state index is 0.454. The molecule has 2 heteroatoms. The molecule has 1 N–H and O–H groups in total. The fourth-order valence-corrected chi connectivity index (χ4v) is 2.77. The molecule has 0 fully saturated rings. The van der Waals surface area contributed by atoms with Crippen LogP contribution >= 0.6 is 15.9 Å². The molecule has 0 saturated heterocycles. The maximum absolute atomic E-state index is 10.4. The van der Waals surface area contributed by atoms with Crippen LogP contribution in [-0.4, -0.2) is 5.11 Å². The molecule has 0 saturated carbocycles. The molecule has 18 heavy (non-hydrogen) atoms. The van der Waals surface area contributed by atoms with Crippen molar-refractivity contribution in [3.8, 4) is 0 Å². The first-order valence-corrected chi connectivity index (χ1v) is 6.86. The van der Waals surface area contributed by atoms with Gasteiger partial charge in [-0.25, -0.2) is 0 Å². The number of rotatable bonds is 3. The van der Waals surface area contributed by atoms with E-state index in [1.54, 1.807) is 0 Å². The van der Waals surface area contributed by atoms with Gasteiger partial charge in [0.1, 0.15) is 0 Å². The molecule has 0 aliphatic heterocycles. The molecule has 1 nitrogen and oxygen atoms in total. The zero-order valence-corrected chi connectivity index (χ0v) is 12.2. The Morgan fingerprint density at radius 1 is 1.00 bits per heavy atom. The summed E-state index contributed by atoms with van der Waals surface area (Å²) < 4.78 is 1.05. The first-order chi connectivity index (χ1) is 8.59. The van der Waals surface area contributed by atoms with Crippen LogP contribution in [0.15, 0.2) is 46.9 Å². The molecule has 2 aromatic carbocycles. The van der Waals surface area contributed by atoms with Crippen LogP contribution in [0.2, 0.25) is 0 Å². The fraction of sp³-hybridized carbons (Fsp3) is 0.250. The van der Waals surface area contributed by atoms with Crippen molar-refractivity contribution in [2.45, 2.75) is 26.4 Å². The second kappa shape index (κ2) is 5.68. The molecular formula is C16H17BrO. The van der Waals surface area contributed by atoms with Gasteiger partial charge in [-0.1, -0.05) is 52.3 Å². The van der Waals surface area contributed by atoms with E-state index < -0.39 is 6.10 Å². The van der Waals surface area contributed by atoms with Crippen LogP contribution in [0.1, 0.15) is 28.4 Å². The SMILES string of the molecule is Cc1cccc(C)c1C(O)Cc1ccccc1Br. The third-order valence-electron chi connectivity index (χ3n) is 3.25. The van der Waals surface area contributed by atoms with Gasteiger partial charge in [0.05, 0.1) is 6.10 Å². The van der Waals surface area contributed by atoms with Crippen molar-refractivity contribution in [1.29, 1.82) is 0 Å². The minimum atomic E-state index is -0.454. The summed E-state index contributed by atoms with van der Waals surface area (Å²) in [5, 5.41) is 10.4. The third kappa shape index (κ3) is 2.82. The zero-order chi connectivity index (χ0) is 13.1. The highest BCUT2D eigenvalue weighted by Gasteiger charge is 2.14. The van der Waals surface area contributed by atoms with Crippen LogP contribution in [0.25, 0.3) is 0 Å². The Hall–Kier alpha value is -1.12. The normalized spacial score (nSPS) is 12.4. The highest BCUT2D eigenvalue weighted by molar-refractivity contribution is 9.10. The lowest BCUT2D eigenvalue weighted by atomic mass is 9.94. The minimum Gasteiger partial charge on any atom is -0.388 e. The number of hydrogen-bond donors (Lipinski definition) is 1. The molecule has 0 aliphatic rings. The van der Waals surface area contributed by atoms with E-state index in [1.165, 1.54) is 0 Å². The van der Waals surface area contributed by atoms with E-state index in [-0.39, 0.29) is 0 Å². The topological polar surface area (TPSA) is 20.2 Å². The predicted molar refractivity (Wildman–Crippen MR) is 78.7 cm³/mol. The van der Waals surface area contributed by atoms with Gasteiger partial charge in [-0.05, 0) is 42.2 Å². The lowest BCUT2D eigenvalue weighted by molar-refractivity contribution is 0.177. The Morgan fingerprint density at radius 3 is 2.22 bits per heavy atom. The van der Waals surface area contributed by atoms with Gasteiger partial charge in [-0.2, -0.15) is 0 Å². The summed E-state index contributed by atoms with van der Waals surface area (Å²) in [6.07, 6.45) is 0.178. The van der Waals surface area contributed by atoms with Gasteiger partial charge in [-0.3, -0.25) is 0 Å². The molecule has 0 radical (unpaired) electrons. The van der Waals surface area contributed by atoms with Gasteiger partial charge in [0, 0.05) is 10.9 Å². The molecule has 94 valence electrons. The van der Waals surface area contributed by atoms with E-state index in [1.807, 2.05) is 56.3 Å². The molecule has 0 spiro atoms. The van der Waals surface area contributed by atoms with Crippen molar-refractivity contribution in [3.05, 3.63) is 69.2 Å². The predicted octanol–water partition coefficient (Wildman–Crippen LogP) is 4.34. The van der Waals surface area contributed by atoms with E-state index >= 15 is 0 Å². The van der Waals surface area contributed by atoms with Crippen molar-refractivity contribution in [3.63, 3.8) is 0 Å². The Labute approximate surface area is 117 Å².